The van der Waals surface area contributed by atoms with Gasteiger partial charge in [-0.2, -0.15) is 0 Å². The van der Waals surface area contributed by atoms with E-state index in [0.717, 1.165) is 12.3 Å². The van der Waals surface area contributed by atoms with Crippen LogP contribution in [0, 0.1) is 11.8 Å². The van der Waals surface area contributed by atoms with Crippen molar-refractivity contribution in [2.75, 3.05) is 6.61 Å². The minimum absolute atomic E-state index is 0.354. The summed E-state index contributed by atoms with van der Waals surface area (Å²) in [5.74, 6) is 1.58. The van der Waals surface area contributed by atoms with Crippen LogP contribution in [0.4, 0.5) is 0 Å². The largest absolute Gasteiger partial charge is 0.396 e. The fourth-order valence-electron chi connectivity index (χ4n) is 2.17. The first kappa shape index (κ1) is 16.0. The van der Waals surface area contributed by atoms with E-state index in [1.165, 1.54) is 51.4 Å². The van der Waals surface area contributed by atoms with Crippen molar-refractivity contribution in [3.63, 3.8) is 0 Å². The second kappa shape index (κ2) is 11.4. The highest BCUT2D eigenvalue weighted by atomic mass is 16.3. The Bertz CT molecular complexity index is 133. The van der Waals surface area contributed by atoms with Gasteiger partial charge in [-0.3, -0.25) is 0 Å². The summed E-state index contributed by atoms with van der Waals surface area (Å²) >= 11 is 0. The maximum absolute atomic E-state index is 8.83. The van der Waals surface area contributed by atoms with Gasteiger partial charge in [0.2, 0.25) is 0 Å². The maximum atomic E-state index is 8.83. The van der Waals surface area contributed by atoms with Gasteiger partial charge in [-0.25, -0.2) is 0 Å². The molecule has 0 aromatic carbocycles. The molecule has 2 atom stereocenters. The van der Waals surface area contributed by atoms with E-state index in [9.17, 15) is 0 Å². The van der Waals surface area contributed by atoms with E-state index >= 15 is 0 Å². The van der Waals surface area contributed by atoms with Crippen molar-refractivity contribution in [2.24, 2.45) is 11.8 Å². The summed E-state index contributed by atoms with van der Waals surface area (Å²) in [5.41, 5.74) is 0. The summed E-state index contributed by atoms with van der Waals surface area (Å²) in [6, 6.07) is 0. The van der Waals surface area contributed by atoms with Crippen LogP contribution in [-0.4, -0.2) is 11.7 Å². The van der Waals surface area contributed by atoms with Crippen molar-refractivity contribution in [1.82, 2.24) is 0 Å². The Kier molecular flexibility index (Phi) is 11.4. The quantitative estimate of drug-likeness (QED) is 0.504. The molecular formula is C15H32O. The number of aliphatic hydroxyl groups is 1. The molecule has 0 heterocycles. The topological polar surface area (TPSA) is 20.2 Å². The van der Waals surface area contributed by atoms with Crippen molar-refractivity contribution in [3.8, 4) is 0 Å². The molecule has 1 nitrogen and oxygen atoms in total. The van der Waals surface area contributed by atoms with Crippen LogP contribution in [-0.2, 0) is 0 Å². The molecule has 0 spiro atoms. The SMILES string of the molecule is CCCCCCCC(C)CCC(C)CCO. The average Bonchev–Trinajstić information content (AvgIpc) is 2.26. The average molecular weight is 228 g/mol. The van der Waals surface area contributed by atoms with E-state index in [0.29, 0.717) is 12.5 Å². The molecule has 0 aromatic heterocycles. The van der Waals surface area contributed by atoms with Crippen molar-refractivity contribution in [1.29, 1.82) is 0 Å². The van der Waals surface area contributed by atoms with Gasteiger partial charge in [0.05, 0.1) is 0 Å². The van der Waals surface area contributed by atoms with Crippen LogP contribution >= 0.6 is 0 Å². The van der Waals surface area contributed by atoms with E-state index in [2.05, 4.69) is 20.8 Å². The van der Waals surface area contributed by atoms with Crippen LogP contribution < -0.4 is 0 Å². The zero-order valence-electron chi connectivity index (χ0n) is 11.7. The van der Waals surface area contributed by atoms with Gasteiger partial charge in [0.25, 0.3) is 0 Å². The Morgan fingerprint density at radius 3 is 1.88 bits per heavy atom. The van der Waals surface area contributed by atoms with Gasteiger partial charge >= 0.3 is 0 Å². The molecule has 0 aromatic rings. The van der Waals surface area contributed by atoms with Crippen molar-refractivity contribution < 1.29 is 5.11 Å². The lowest BCUT2D eigenvalue weighted by Gasteiger charge is -2.14. The second-order valence-corrected chi connectivity index (χ2v) is 5.50. The molecule has 1 N–H and O–H groups in total. The molecular weight excluding hydrogens is 196 g/mol. The predicted octanol–water partition coefficient (Wildman–Crippen LogP) is 4.78. The Hall–Kier alpha value is -0.0400. The number of aliphatic hydroxyl groups excluding tert-OH is 1. The summed E-state index contributed by atoms with van der Waals surface area (Å²) in [6.07, 6.45) is 12.0. The minimum Gasteiger partial charge on any atom is -0.396 e. The predicted molar refractivity (Wildman–Crippen MR) is 72.6 cm³/mol. The molecule has 98 valence electrons. The third kappa shape index (κ3) is 10.5. The Balaban J connectivity index is 3.27. The van der Waals surface area contributed by atoms with Crippen molar-refractivity contribution in [3.05, 3.63) is 0 Å². The summed E-state index contributed by atoms with van der Waals surface area (Å²) < 4.78 is 0. The number of rotatable bonds is 11. The normalized spacial score (nSPS) is 15.0. The third-order valence-corrected chi connectivity index (χ3v) is 3.57. The lowest BCUT2D eigenvalue weighted by molar-refractivity contribution is 0.252. The van der Waals surface area contributed by atoms with Crippen molar-refractivity contribution >= 4 is 0 Å². The molecule has 1 heteroatoms. The molecule has 0 aliphatic carbocycles. The van der Waals surface area contributed by atoms with E-state index in [-0.39, 0.29) is 0 Å². The molecule has 0 bridgehead atoms. The number of unbranched alkanes of at least 4 members (excludes halogenated alkanes) is 4. The van der Waals surface area contributed by atoms with Crippen LogP contribution in [0.15, 0.2) is 0 Å². The lowest BCUT2D eigenvalue weighted by atomic mass is 9.92. The standard InChI is InChI=1S/C15H32O/c1-4-5-6-7-8-9-14(2)10-11-15(3)12-13-16/h14-16H,4-13H2,1-3H3. The zero-order valence-corrected chi connectivity index (χ0v) is 11.7. The molecule has 0 aliphatic rings. The van der Waals surface area contributed by atoms with Crippen molar-refractivity contribution in [2.45, 2.75) is 78.6 Å². The minimum atomic E-state index is 0.354. The maximum Gasteiger partial charge on any atom is 0.0433 e. The van der Waals surface area contributed by atoms with Gasteiger partial charge in [-0.1, -0.05) is 72.1 Å². The highest BCUT2D eigenvalue weighted by Crippen LogP contribution is 2.19. The first-order valence-corrected chi connectivity index (χ1v) is 7.31. The van der Waals surface area contributed by atoms with Gasteiger partial charge in [-0.05, 0) is 18.3 Å². The van der Waals surface area contributed by atoms with Gasteiger partial charge in [-0.15, -0.1) is 0 Å². The van der Waals surface area contributed by atoms with E-state index < -0.39 is 0 Å². The number of hydrogen-bond acceptors (Lipinski definition) is 1. The van der Waals surface area contributed by atoms with Gasteiger partial charge < -0.3 is 5.11 Å². The summed E-state index contributed by atoms with van der Waals surface area (Å²) in [7, 11) is 0. The molecule has 0 saturated carbocycles. The van der Waals surface area contributed by atoms with Crippen LogP contribution in [0.25, 0.3) is 0 Å². The fourth-order valence-corrected chi connectivity index (χ4v) is 2.17. The summed E-state index contributed by atoms with van der Waals surface area (Å²) in [6.45, 7) is 7.26. The highest BCUT2D eigenvalue weighted by Gasteiger charge is 2.06. The Morgan fingerprint density at radius 2 is 1.31 bits per heavy atom. The molecule has 0 radical (unpaired) electrons. The highest BCUT2D eigenvalue weighted by molar-refractivity contribution is 4.59. The molecule has 0 saturated heterocycles. The molecule has 16 heavy (non-hydrogen) atoms. The van der Waals surface area contributed by atoms with E-state index in [4.69, 9.17) is 5.11 Å². The first-order chi connectivity index (χ1) is 7.70. The lowest BCUT2D eigenvalue weighted by Crippen LogP contribution is -2.02. The van der Waals surface area contributed by atoms with Gasteiger partial charge in [0.1, 0.15) is 0 Å². The molecule has 0 amide bonds. The fraction of sp³-hybridized carbons (Fsp3) is 1.00. The molecule has 0 fully saturated rings. The Labute approximate surface area is 103 Å². The van der Waals surface area contributed by atoms with Gasteiger partial charge in [0.15, 0.2) is 0 Å². The van der Waals surface area contributed by atoms with E-state index in [1.54, 1.807) is 0 Å². The van der Waals surface area contributed by atoms with Crippen LogP contribution in [0.5, 0.6) is 0 Å². The molecule has 0 aliphatic heterocycles. The molecule has 0 rings (SSSR count). The Morgan fingerprint density at radius 1 is 0.750 bits per heavy atom. The third-order valence-electron chi connectivity index (χ3n) is 3.57. The van der Waals surface area contributed by atoms with Crippen LogP contribution in [0.1, 0.15) is 78.6 Å². The number of hydrogen-bond donors (Lipinski definition) is 1. The van der Waals surface area contributed by atoms with Crippen LogP contribution in [0.3, 0.4) is 0 Å². The summed E-state index contributed by atoms with van der Waals surface area (Å²) in [5, 5.41) is 8.83. The molecule has 2 unspecified atom stereocenters. The van der Waals surface area contributed by atoms with Crippen LogP contribution in [0.2, 0.25) is 0 Å². The van der Waals surface area contributed by atoms with E-state index in [1.807, 2.05) is 0 Å². The zero-order chi connectivity index (χ0) is 12.2. The monoisotopic (exact) mass is 228 g/mol. The summed E-state index contributed by atoms with van der Waals surface area (Å²) in [4.78, 5) is 0. The second-order valence-electron chi connectivity index (χ2n) is 5.50. The smallest absolute Gasteiger partial charge is 0.0433 e. The first-order valence-electron chi connectivity index (χ1n) is 7.31. The van der Waals surface area contributed by atoms with Gasteiger partial charge in [0, 0.05) is 6.61 Å².